The summed E-state index contributed by atoms with van der Waals surface area (Å²) in [5, 5.41) is 8.59. The zero-order chi connectivity index (χ0) is 17.1. The number of carbonyl (C=O) groups is 2. The van der Waals surface area contributed by atoms with Gasteiger partial charge in [0.05, 0.1) is 17.8 Å². The zero-order valence-electron chi connectivity index (χ0n) is 14.1. The molecule has 0 saturated carbocycles. The molecule has 2 aliphatic rings. The summed E-state index contributed by atoms with van der Waals surface area (Å²) in [7, 11) is 0. The Morgan fingerprint density at radius 1 is 1.42 bits per heavy atom. The Hall–Kier alpha value is -2.21. The van der Waals surface area contributed by atoms with Crippen LogP contribution in [0.4, 0.5) is 5.69 Å². The Kier molecular flexibility index (Phi) is 4.94. The first-order valence-corrected chi connectivity index (χ1v) is 8.44. The van der Waals surface area contributed by atoms with Gasteiger partial charge in [0.2, 0.25) is 5.91 Å². The molecule has 0 aromatic heterocycles. The van der Waals surface area contributed by atoms with Crippen molar-refractivity contribution in [2.24, 2.45) is 5.10 Å². The van der Waals surface area contributed by atoms with E-state index in [2.05, 4.69) is 10.4 Å². The SMILES string of the molecule is Cc1cccc(N2N=C(C(=O)N[C@@H](C)[C@H]3CCCO3)CCC2=O)c1. The van der Waals surface area contributed by atoms with Crippen LogP contribution >= 0.6 is 0 Å². The smallest absolute Gasteiger partial charge is 0.267 e. The van der Waals surface area contributed by atoms with Crippen molar-refractivity contribution < 1.29 is 14.3 Å². The summed E-state index contributed by atoms with van der Waals surface area (Å²) in [5.74, 6) is -0.313. The van der Waals surface area contributed by atoms with Gasteiger partial charge >= 0.3 is 0 Å². The molecular formula is C18H23N3O3. The van der Waals surface area contributed by atoms with Crippen molar-refractivity contribution in [2.45, 2.75) is 51.7 Å². The van der Waals surface area contributed by atoms with E-state index in [0.29, 0.717) is 17.8 Å². The van der Waals surface area contributed by atoms with Crippen molar-refractivity contribution in [1.82, 2.24) is 5.32 Å². The molecule has 0 spiro atoms. The fourth-order valence-electron chi connectivity index (χ4n) is 3.06. The van der Waals surface area contributed by atoms with E-state index in [1.54, 1.807) is 0 Å². The van der Waals surface area contributed by atoms with E-state index in [4.69, 9.17) is 4.74 Å². The number of carbonyl (C=O) groups excluding carboxylic acids is 2. The van der Waals surface area contributed by atoms with Crippen LogP contribution in [-0.2, 0) is 14.3 Å². The highest BCUT2D eigenvalue weighted by atomic mass is 16.5. The first-order chi connectivity index (χ1) is 11.5. The van der Waals surface area contributed by atoms with Crippen molar-refractivity contribution in [3.8, 4) is 0 Å². The highest BCUT2D eigenvalue weighted by Gasteiger charge is 2.29. The molecule has 0 unspecified atom stereocenters. The Morgan fingerprint density at radius 3 is 2.96 bits per heavy atom. The fraction of sp³-hybridized carbons (Fsp3) is 0.500. The topological polar surface area (TPSA) is 71.0 Å². The molecule has 1 fully saturated rings. The third-order valence-electron chi connectivity index (χ3n) is 4.42. The highest BCUT2D eigenvalue weighted by Crippen LogP contribution is 2.21. The summed E-state index contributed by atoms with van der Waals surface area (Å²) in [6, 6.07) is 7.48. The van der Waals surface area contributed by atoms with E-state index >= 15 is 0 Å². The van der Waals surface area contributed by atoms with Crippen molar-refractivity contribution in [2.75, 3.05) is 11.6 Å². The second-order valence-electron chi connectivity index (χ2n) is 6.40. The second-order valence-corrected chi connectivity index (χ2v) is 6.40. The van der Waals surface area contributed by atoms with Gasteiger partial charge in [-0.05, 0) is 44.4 Å². The van der Waals surface area contributed by atoms with E-state index in [0.717, 1.165) is 25.0 Å². The summed E-state index contributed by atoms with van der Waals surface area (Å²) < 4.78 is 5.60. The number of nitrogens with zero attached hydrogens (tertiary/aromatic N) is 2. The molecule has 2 aliphatic heterocycles. The first-order valence-electron chi connectivity index (χ1n) is 8.44. The number of rotatable bonds is 4. The molecule has 6 heteroatoms. The van der Waals surface area contributed by atoms with E-state index in [-0.39, 0.29) is 30.4 Å². The number of hydrogen-bond acceptors (Lipinski definition) is 4. The summed E-state index contributed by atoms with van der Waals surface area (Å²) in [5.41, 5.74) is 2.12. The predicted octanol–water partition coefficient (Wildman–Crippen LogP) is 2.16. The Bertz CT molecular complexity index is 665. The minimum absolute atomic E-state index is 0.0623. The van der Waals surface area contributed by atoms with E-state index in [1.165, 1.54) is 5.01 Å². The maximum absolute atomic E-state index is 12.5. The number of amides is 2. The van der Waals surface area contributed by atoms with Crippen LogP contribution in [0.25, 0.3) is 0 Å². The molecule has 1 N–H and O–H groups in total. The molecule has 1 saturated heterocycles. The normalized spacial score (nSPS) is 22.2. The number of ether oxygens (including phenoxy) is 1. The van der Waals surface area contributed by atoms with Crippen LogP contribution in [-0.4, -0.2) is 36.3 Å². The number of benzene rings is 1. The van der Waals surface area contributed by atoms with Gasteiger partial charge in [0.25, 0.3) is 5.91 Å². The number of anilines is 1. The maximum atomic E-state index is 12.5. The minimum Gasteiger partial charge on any atom is -0.376 e. The van der Waals surface area contributed by atoms with Crippen LogP contribution < -0.4 is 10.3 Å². The van der Waals surface area contributed by atoms with E-state index in [1.807, 2.05) is 38.1 Å². The summed E-state index contributed by atoms with van der Waals surface area (Å²) in [6.45, 7) is 4.65. The molecular weight excluding hydrogens is 306 g/mol. The number of hydrogen-bond donors (Lipinski definition) is 1. The molecule has 2 amide bonds. The van der Waals surface area contributed by atoms with Gasteiger partial charge in [0.1, 0.15) is 5.71 Å². The highest BCUT2D eigenvalue weighted by molar-refractivity contribution is 6.40. The van der Waals surface area contributed by atoms with Crippen LogP contribution in [0.5, 0.6) is 0 Å². The minimum atomic E-state index is -0.219. The average Bonchev–Trinajstić information content (AvgIpc) is 3.09. The lowest BCUT2D eigenvalue weighted by atomic mass is 10.1. The van der Waals surface area contributed by atoms with Gasteiger partial charge < -0.3 is 10.1 Å². The lowest BCUT2D eigenvalue weighted by Crippen LogP contribution is -2.46. The van der Waals surface area contributed by atoms with Crippen LogP contribution in [0.2, 0.25) is 0 Å². The van der Waals surface area contributed by atoms with Crippen molar-refractivity contribution in [3.63, 3.8) is 0 Å². The number of aryl methyl sites for hydroxylation is 1. The van der Waals surface area contributed by atoms with E-state index in [9.17, 15) is 9.59 Å². The lowest BCUT2D eigenvalue weighted by molar-refractivity contribution is -0.119. The number of nitrogens with one attached hydrogen (secondary N) is 1. The van der Waals surface area contributed by atoms with Gasteiger partial charge in [-0.2, -0.15) is 5.10 Å². The number of hydrazone groups is 1. The predicted molar refractivity (Wildman–Crippen MR) is 91.9 cm³/mol. The molecule has 2 heterocycles. The second kappa shape index (κ2) is 7.13. The summed E-state index contributed by atoms with van der Waals surface area (Å²) >= 11 is 0. The fourth-order valence-corrected chi connectivity index (χ4v) is 3.06. The van der Waals surface area contributed by atoms with Gasteiger partial charge in [-0.15, -0.1) is 0 Å². The third-order valence-corrected chi connectivity index (χ3v) is 4.42. The molecule has 2 atom stereocenters. The third kappa shape index (κ3) is 3.64. The maximum Gasteiger partial charge on any atom is 0.267 e. The standard InChI is InChI=1S/C18H23N3O3/c1-12-5-3-6-14(11-12)21-17(22)9-8-15(20-21)18(23)19-13(2)16-7-4-10-24-16/h3,5-6,11,13,16H,4,7-10H2,1-2H3,(H,19,23)/t13-,16+/m0/s1. The molecule has 1 aromatic rings. The summed E-state index contributed by atoms with van der Waals surface area (Å²) in [4.78, 5) is 24.7. The van der Waals surface area contributed by atoms with Crippen LogP contribution in [0.15, 0.2) is 29.4 Å². The zero-order valence-corrected chi connectivity index (χ0v) is 14.1. The lowest BCUT2D eigenvalue weighted by Gasteiger charge is -2.25. The molecule has 3 rings (SSSR count). The Balaban J connectivity index is 1.73. The van der Waals surface area contributed by atoms with Gasteiger partial charge in [0, 0.05) is 19.4 Å². The largest absolute Gasteiger partial charge is 0.376 e. The van der Waals surface area contributed by atoms with Crippen LogP contribution in [0, 0.1) is 6.92 Å². The van der Waals surface area contributed by atoms with E-state index < -0.39 is 0 Å². The molecule has 1 aromatic carbocycles. The summed E-state index contributed by atoms with van der Waals surface area (Å²) in [6.07, 6.45) is 2.70. The molecule has 0 bridgehead atoms. The van der Waals surface area contributed by atoms with Crippen LogP contribution in [0.3, 0.4) is 0 Å². The molecule has 128 valence electrons. The van der Waals surface area contributed by atoms with Crippen LogP contribution in [0.1, 0.15) is 38.2 Å². The Morgan fingerprint density at radius 2 is 2.25 bits per heavy atom. The van der Waals surface area contributed by atoms with Crippen molar-refractivity contribution in [1.29, 1.82) is 0 Å². The Labute approximate surface area is 141 Å². The van der Waals surface area contributed by atoms with Crippen molar-refractivity contribution in [3.05, 3.63) is 29.8 Å². The van der Waals surface area contributed by atoms with Crippen molar-refractivity contribution >= 4 is 23.2 Å². The van der Waals surface area contributed by atoms with Gasteiger partial charge in [0.15, 0.2) is 0 Å². The monoisotopic (exact) mass is 329 g/mol. The molecule has 0 aliphatic carbocycles. The van der Waals surface area contributed by atoms with Gasteiger partial charge in [-0.3, -0.25) is 9.59 Å². The molecule has 0 radical (unpaired) electrons. The molecule has 6 nitrogen and oxygen atoms in total. The average molecular weight is 329 g/mol. The van der Waals surface area contributed by atoms with Gasteiger partial charge in [-0.1, -0.05) is 12.1 Å². The van der Waals surface area contributed by atoms with Gasteiger partial charge in [-0.25, -0.2) is 5.01 Å². The molecule has 24 heavy (non-hydrogen) atoms. The first kappa shape index (κ1) is 16.6. The quantitative estimate of drug-likeness (QED) is 0.920.